The Morgan fingerprint density at radius 3 is 2.21 bits per heavy atom. The summed E-state index contributed by atoms with van der Waals surface area (Å²) in [6.45, 7) is 2.24. The second kappa shape index (κ2) is 7.75. The van der Waals surface area contributed by atoms with Crippen LogP contribution in [0.5, 0.6) is 0 Å². The minimum Gasteiger partial charge on any atom is -0.382 e. The number of carbonyl (C=O) groups is 2. The molecule has 0 aliphatic carbocycles. The Morgan fingerprint density at radius 2 is 1.62 bits per heavy atom. The van der Waals surface area contributed by atoms with Crippen molar-refractivity contribution in [1.82, 2.24) is 10.6 Å². The minimum atomic E-state index is -0.671. The van der Waals surface area contributed by atoms with Gasteiger partial charge in [-0.25, -0.2) is 0 Å². The van der Waals surface area contributed by atoms with Crippen molar-refractivity contribution in [2.75, 3.05) is 20.8 Å². The Balaban J connectivity index is 2.27. The second-order valence-corrected chi connectivity index (χ2v) is 5.75. The van der Waals surface area contributed by atoms with Crippen molar-refractivity contribution >= 4 is 11.8 Å². The van der Waals surface area contributed by atoms with Crippen molar-refractivity contribution < 1.29 is 14.3 Å². The number of benzene rings is 2. The van der Waals surface area contributed by atoms with E-state index in [1.807, 2.05) is 37.3 Å². The molecule has 0 unspecified atom stereocenters. The minimum absolute atomic E-state index is 0.229. The third-order valence-corrected chi connectivity index (χ3v) is 3.85. The second-order valence-electron chi connectivity index (χ2n) is 5.75. The van der Waals surface area contributed by atoms with Crippen LogP contribution in [0.25, 0.3) is 0 Å². The molecule has 2 amide bonds. The normalized spacial score (nSPS) is 13.0. The van der Waals surface area contributed by atoms with Crippen LogP contribution in [0, 0.1) is 0 Å². The Morgan fingerprint density at radius 1 is 1.00 bits per heavy atom. The van der Waals surface area contributed by atoms with Gasteiger partial charge < -0.3 is 15.4 Å². The fraction of sp³-hybridized carbons (Fsp3) is 0.263. The molecule has 0 saturated heterocycles. The lowest BCUT2D eigenvalue weighted by atomic mass is 9.92. The van der Waals surface area contributed by atoms with E-state index in [1.54, 1.807) is 38.4 Å². The van der Waals surface area contributed by atoms with Crippen molar-refractivity contribution in [2.45, 2.75) is 12.5 Å². The first-order chi connectivity index (χ1) is 11.5. The van der Waals surface area contributed by atoms with Gasteiger partial charge >= 0.3 is 0 Å². The van der Waals surface area contributed by atoms with E-state index < -0.39 is 5.54 Å². The molecule has 0 aromatic heterocycles. The molecule has 24 heavy (non-hydrogen) atoms. The van der Waals surface area contributed by atoms with E-state index in [0.29, 0.717) is 17.7 Å². The molecule has 0 aliphatic rings. The van der Waals surface area contributed by atoms with E-state index in [4.69, 9.17) is 4.74 Å². The highest BCUT2D eigenvalue weighted by molar-refractivity contribution is 5.99. The molecule has 2 aromatic rings. The summed E-state index contributed by atoms with van der Waals surface area (Å²) in [4.78, 5) is 24.4. The Bertz CT molecular complexity index is 716. The molecule has 5 heteroatoms. The molecule has 5 nitrogen and oxygen atoms in total. The van der Waals surface area contributed by atoms with E-state index in [1.165, 1.54) is 0 Å². The molecule has 2 N–H and O–H groups in total. The third kappa shape index (κ3) is 4.00. The van der Waals surface area contributed by atoms with Crippen LogP contribution >= 0.6 is 0 Å². The van der Waals surface area contributed by atoms with Crippen LogP contribution in [0.2, 0.25) is 0 Å². The molecule has 0 radical (unpaired) electrons. The Kier molecular flexibility index (Phi) is 5.71. The zero-order chi connectivity index (χ0) is 17.6. The van der Waals surface area contributed by atoms with Gasteiger partial charge in [0.15, 0.2) is 0 Å². The van der Waals surface area contributed by atoms with Gasteiger partial charge in [-0.05, 0) is 30.7 Å². The summed E-state index contributed by atoms with van der Waals surface area (Å²) >= 11 is 0. The molecule has 0 bridgehead atoms. The summed E-state index contributed by atoms with van der Waals surface area (Å²) in [7, 11) is 3.15. The first-order valence-electron chi connectivity index (χ1n) is 7.69. The standard InChI is InChI=1S/C19H22N2O3/c1-19(13-24-3,16-10-5-4-6-11-16)21-18(23)15-9-7-8-14(12-15)17(22)20-2/h4-12H,13H2,1-3H3,(H,20,22)(H,21,23)/t19-/m0/s1. The Labute approximate surface area is 142 Å². The van der Waals surface area contributed by atoms with Crippen molar-refractivity contribution in [3.63, 3.8) is 0 Å². The molecule has 0 aliphatic heterocycles. The van der Waals surface area contributed by atoms with Crippen LogP contribution in [-0.2, 0) is 10.3 Å². The van der Waals surface area contributed by atoms with Gasteiger partial charge in [0, 0.05) is 25.3 Å². The summed E-state index contributed by atoms with van der Waals surface area (Å²) in [6.07, 6.45) is 0. The van der Waals surface area contributed by atoms with E-state index in [0.717, 1.165) is 5.56 Å². The fourth-order valence-electron chi connectivity index (χ4n) is 2.56. The smallest absolute Gasteiger partial charge is 0.252 e. The van der Waals surface area contributed by atoms with Crippen molar-refractivity contribution in [1.29, 1.82) is 0 Å². The molecule has 0 spiro atoms. The molecule has 2 rings (SSSR count). The molecule has 0 heterocycles. The fourth-order valence-corrected chi connectivity index (χ4v) is 2.56. The molecule has 0 saturated carbocycles. The number of rotatable bonds is 6. The van der Waals surface area contributed by atoms with Gasteiger partial charge in [-0.2, -0.15) is 0 Å². The maximum absolute atomic E-state index is 12.7. The number of ether oxygens (including phenoxy) is 1. The lowest BCUT2D eigenvalue weighted by Gasteiger charge is -2.30. The van der Waals surface area contributed by atoms with Crippen LogP contribution < -0.4 is 10.6 Å². The summed E-state index contributed by atoms with van der Waals surface area (Å²) in [5, 5.41) is 5.57. The van der Waals surface area contributed by atoms with Crippen LogP contribution in [0.15, 0.2) is 54.6 Å². The predicted octanol–water partition coefficient (Wildman–Crippen LogP) is 2.34. The van der Waals surface area contributed by atoms with Crippen molar-refractivity contribution in [2.24, 2.45) is 0 Å². The molecule has 0 fully saturated rings. The van der Waals surface area contributed by atoms with Crippen LogP contribution in [-0.4, -0.2) is 32.6 Å². The first-order valence-corrected chi connectivity index (χ1v) is 7.69. The summed E-state index contributed by atoms with van der Waals surface area (Å²) < 4.78 is 5.30. The average molecular weight is 326 g/mol. The molecular weight excluding hydrogens is 304 g/mol. The van der Waals surface area contributed by atoms with Gasteiger partial charge in [0.2, 0.25) is 0 Å². The van der Waals surface area contributed by atoms with E-state index in [9.17, 15) is 9.59 Å². The molecular formula is C19H22N2O3. The quantitative estimate of drug-likeness (QED) is 0.856. The van der Waals surface area contributed by atoms with Gasteiger partial charge in [0.1, 0.15) is 0 Å². The highest BCUT2D eigenvalue weighted by atomic mass is 16.5. The maximum atomic E-state index is 12.7. The monoisotopic (exact) mass is 326 g/mol. The van der Waals surface area contributed by atoms with Gasteiger partial charge in [0.05, 0.1) is 12.1 Å². The highest BCUT2D eigenvalue weighted by Gasteiger charge is 2.29. The summed E-state index contributed by atoms with van der Waals surface area (Å²) in [5.74, 6) is -0.489. The lowest BCUT2D eigenvalue weighted by molar-refractivity contribution is 0.0786. The zero-order valence-electron chi connectivity index (χ0n) is 14.1. The molecule has 1 atom stereocenters. The number of methoxy groups -OCH3 is 1. The van der Waals surface area contributed by atoms with Crippen molar-refractivity contribution in [3.05, 3.63) is 71.3 Å². The molecule has 2 aromatic carbocycles. The molecule has 126 valence electrons. The summed E-state index contributed by atoms with van der Waals surface area (Å²) in [5.41, 5.74) is 1.14. The first kappa shape index (κ1) is 17.7. The Hall–Kier alpha value is -2.66. The van der Waals surface area contributed by atoms with E-state index in [2.05, 4.69) is 10.6 Å². The highest BCUT2D eigenvalue weighted by Crippen LogP contribution is 2.21. The topological polar surface area (TPSA) is 67.4 Å². The third-order valence-electron chi connectivity index (χ3n) is 3.85. The van der Waals surface area contributed by atoms with Crippen LogP contribution in [0.1, 0.15) is 33.2 Å². The number of hydrogen-bond donors (Lipinski definition) is 2. The maximum Gasteiger partial charge on any atom is 0.252 e. The summed E-state index contributed by atoms with van der Waals surface area (Å²) in [6, 6.07) is 16.3. The van der Waals surface area contributed by atoms with Crippen molar-refractivity contribution in [3.8, 4) is 0 Å². The van der Waals surface area contributed by atoms with Gasteiger partial charge in [-0.15, -0.1) is 0 Å². The zero-order valence-corrected chi connectivity index (χ0v) is 14.1. The number of amides is 2. The number of nitrogens with one attached hydrogen (secondary N) is 2. The number of carbonyl (C=O) groups excluding carboxylic acids is 2. The van der Waals surface area contributed by atoms with Gasteiger partial charge in [0.25, 0.3) is 11.8 Å². The number of hydrogen-bond acceptors (Lipinski definition) is 3. The van der Waals surface area contributed by atoms with Crippen LogP contribution in [0.4, 0.5) is 0 Å². The average Bonchev–Trinajstić information content (AvgIpc) is 2.62. The van der Waals surface area contributed by atoms with E-state index in [-0.39, 0.29) is 11.8 Å². The van der Waals surface area contributed by atoms with Crippen LogP contribution in [0.3, 0.4) is 0 Å². The van der Waals surface area contributed by atoms with E-state index >= 15 is 0 Å². The largest absolute Gasteiger partial charge is 0.382 e. The van der Waals surface area contributed by atoms with Gasteiger partial charge in [-0.3, -0.25) is 9.59 Å². The lowest BCUT2D eigenvalue weighted by Crippen LogP contribution is -2.46. The SMILES string of the molecule is CNC(=O)c1cccc(C(=O)N[C@@](C)(COC)c2ccccc2)c1. The van der Waals surface area contributed by atoms with Gasteiger partial charge in [-0.1, -0.05) is 36.4 Å². The predicted molar refractivity (Wildman–Crippen MR) is 93.0 cm³/mol.